The van der Waals surface area contributed by atoms with Gasteiger partial charge in [-0.05, 0) is 38.0 Å². The molecule has 1 aromatic carbocycles. The molecule has 4 nitrogen and oxygen atoms in total. The zero-order valence-corrected chi connectivity index (χ0v) is 14.0. The van der Waals surface area contributed by atoms with E-state index in [0.717, 1.165) is 24.0 Å². The summed E-state index contributed by atoms with van der Waals surface area (Å²) in [4.78, 5) is 23.7. The topological polar surface area (TPSA) is 58.2 Å². The number of rotatable bonds is 7. The van der Waals surface area contributed by atoms with Crippen LogP contribution < -0.4 is 10.6 Å². The third-order valence-electron chi connectivity index (χ3n) is 3.19. The van der Waals surface area contributed by atoms with Crippen molar-refractivity contribution in [3.05, 3.63) is 47.0 Å². The first-order valence-corrected chi connectivity index (χ1v) is 7.75. The molecule has 2 N–H and O–H groups in total. The van der Waals surface area contributed by atoms with Crippen LogP contribution in [0.5, 0.6) is 0 Å². The largest absolute Gasteiger partial charge is 0.348 e. The van der Waals surface area contributed by atoms with E-state index in [2.05, 4.69) is 16.6 Å². The third-order valence-corrected chi connectivity index (χ3v) is 3.19. The van der Waals surface area contributed by atoms with Crippen LogP contribution in [0.4, 0.5) is 0 Å². The summed E-state index contributed by atoms with van der Waals surface area (Å²) in [6.07, 6.45) is 8.63. The number of carbonyl (C=O) groups excluding carboxylic acids is 2. The lowest BCUT2D eigenvalue weighted by molar-refractivity contribution is -0.116. The maximum atomic E-state index is 12.1. The van der Waals surface area contributed by atoms with Gasteiger partial charge in [0.25, 0.3) is 5.91 Å². The standard InChI is InChI=1S/C19H24N2O2/c1-5-7-17(6-2)21-19(23)16-10-8-15(9-11-16)13-20-18(22)12-14(3)4/h2,8-12,17H,5,7,13H2,1,3-4H3,(H,20,22)(H,21,23)/t17-/m0/s1. The summed E-state index contributed by atoms with van der Waals surface area (Å²) in [7, 11) is 0. The lowest BCUT2D eigenvalue weighted by Crippen LogP contribution is -2.33. The molecule has 1 aromatic rings. The normalized spacial score (nSPS) is 11.0. The van der Waals surface area contributed by atoms with Gasteiger partial charge in [-0.15, -0.1) is 6.42 Å². The molecule has 122 valence electrons. The van der Waals surface area contributed by atoms with E-state index in [1.807, 2.05) is 32.9 Å². The summed E-state index contributed by atoms with van der Waals surface area (Å²) in [6, 6.07) is 6.87. The van der Waals surface area contributed by atoms with Gasteiger partial charge in [-0.3, -0.25) is 9.59 Å². The van der Waals surface area contributed by atoms with Crippen molar-refractivity contribution in [1.29, 1.82) is 0 Å². The second kappa shape index (κ2) is 9.47. The molecule has 0 unspecified atom stereocenters. The first kappa shape index (κ1) is 18.5. The number of nitrogens with one attached hydrogen (secondary N) is 2. The highest BCUT2D eigenvalue weighted by atomic mass is 16.2. The Morgan fingerprint density at radius 3 is 2.43 bits per heavy atom. The molecule has 0 bridgehead atoms. The van der Waals surface area contributed by atoms with Crippen molar-refractivity contribution in [2.24, 2.45) is 0 Å². The van der Waals surface area contributed by atoms with E-state index in [1.54, 1.807) is 18.2 Å². The molecule has 4 heteroatoms. The minimum Gasteiger partial charge on any atom is -0.348 e. The van der Waals surface area contributed by atoms with Crippen molar-refractivity contribution in [2.75, 3.05) is 0 Å². The zero-order chi connectivity index (χ0) is 17.2. The fourth-order valence-corrected chi connectivity index (χ4v) is 2.00. The van der Waals surface area contributed by atoms with Crippen molar-refractivity contribution in [1.82, 2.24) is 10.6 Å². The Morgan fingerprint density at radius 2 is 1.91 bits per heavy atom. The Kier molecular flexibility index (Phi) is 7.62. The van der Waals surface area contributed by atoms with Crippen LogP contribution in [-0.2, 0) is 11.3 Å². The predicted octanol–water partition coefficient (Wildman–Crippen LogP) is 2.80. The SMILES string of the molecule is C#C[C@@H](CCC)NC(=O)c1ccc(CNC(=O)C=C(C)C)cc1. The molecule has 0 fully saturated rings. The lowest BCUT2D eigenvalue weighted by Gasteiger charge is -2.12. The van der Waals surface area contributed by atoms with Gasteiger partial charge in [0.2, 0.25) is 5.91 Å². The molecule has 23 heavy (non-hydrogen) atoms. The number of amides is 2. The Hall–Kier alpha value is -2.54. The second-order valence-corrected chi connectivity index (χ2v) is 5.62. The highest BCUT2D eigenvalue weighted by Crippen LogP contribution is 2.06. The van der Waals surface area contributed by atoms with Crippen molar-refractivity contribution in [3.63, 3.8) is 0 Å². The predicted molar refractivity (Wildman–Crippen MR) is 92.7 cm³/mol. The summed E-state index contributed by atoms with van der Waals surface area (Å²) in [5.74, 6) is 2.28. The quantitative estimate of drug-likeness (QED) is 0.601. The average Bonchev–Trinajstić information content (AvgIpc) is 2.52. The van der Waals surface area contributed by atoms with E-state index in [4.69, 9.17) is 6.42 Å². The van der Waals surface area contributed by atoms with Crippen molar-refractivity contribution in [3.8, 4) is 12.3 Å². The maximum absolute atomic E-state index is 12.1. The van der Waals surface area contributed by atoms with Crippen LogP contribution in [0, 0.1) is 12.3 Å². The molecule has 0 aliphatic rings. The van der Waals surface area contributed by atoms with Gasteiger partial charge < -0.3 is 10.6 Å². The highest BCUT2D eigenvalue weighted by Gasteiger charge is 2.10. The van der Waals surface area contributed by atoms with Crippen LogP contribution in [0.1, 0.15) is 49.5 Å². The molecule has 0 aliphatic heterocycles. The molecule has 1 atom stereocenters. The van der Waals surface area contributed by atoms with Crippen molar-refractivity contribution < 1.29 is 9.59 Å². The van der Waals surface area contributed by atoms with Gasteiger partial charge in [0.15, 0.2) is 0 Å². The van der Waals surface area contributed by atoms with E-state index < -0.39 is 0 Å². The van der Waals surface area contributed by atoms with Crippen LogP contribution in [0.25, 0.3) is 0 Å². The smallest absolute Gasteiger partial charge is 0.252 e. The summed E-state index contributed by atoms with van der Waals surface area (Å²) in [5.41, 5.74) is 2.43. The third kappa shape index (κ3) is 6.84. The van der Waals surface area contributed by atoms with Crippen LogP contribution in [0.3, 0.4) is 0 Å². The Labute approximate surface area is 138 Å². The van der Waals surface area contributed by atoms with Crippen molar-refractivity contribution >= 4 is 11.8 Å². The maximum Gasteiger partial charge on any atom is 0.252 e. The van der Waals surface area contributed by atoms with E-state index >= 15 is 0 Å². The molecule has 0 aromatic heterocycles. The van der Waals surface area contributed by atoms with Gasteiger partial charge in [0.1, 0.15) is 0 Å². The Morgan fingerprint density at radius 1 is 1.26 bits per heavy atom. The first-order valence-electron chi connectivity index (χ1n) is 7.75. The Balaban J connectivity index is 2.59. The molecule has 0 aliphatic carbocycles. The minimum absolute atomic E-state index is 0.122. The minimum atomic E-state index is -0.240. The van der Waals surface area contributed by atoms with E-state index in [9.17, 15) is 9.59 Å². The van der Waals surface area contributed by atoms with Gasteiger partial charge in [-0.25, -0.2) is 0 Å². The van der Waals surface area contributed by atoms with E-state index in [-0.39, 0.29) is 17.9 Å². The highest BCUT2D eigenvalue weighted by molar-refractivity contribution is 5.94. The summed E-state index contributed by atoms with van der Waals surface area (Å²) >= 11 is 0. The lowest BCUT2D eigenvalue weighted by atomic mass is 10.1. The number of terminal acetylenes is 1. The molecule has 0 spiro atoms. The van der Waals surface area contributed by atoms with Gasteiger partial charge in [0, 0.05) is 18.2 Å². The molecular formula is C19H24N2O2. The fourth-order valence-electron chi connectivity index (χ4n) is 2.00. The number of hydrogen-bond donors (Lipinski definition) is 2. The Bertz CT molecular complexity index is 605. The zero-order valence-electron chi connectivity index (χ0n) is 14.0. The molecule has 0 radical (unpaired) electrons. The average molecular weight is 312 g/mol. The van der Waals surface area contributed by atoms with Crippen molar-refractivity contribution in [2.45, 2.75) is 46.2 Å². The summed E-state index contributed by atoms with van der Waals surface area (Å²) in [6.45, 7) is 6.19. The van der Waals surface area contributed by atoms with E-state index in [1.165, 1.54) is 0 Å². The molecular weight excluding hydrogens is 288 g/mol. The van der Waals surface area contributed by atoms with E-state index in [0.29, 0.717) is 12.1 Å². The van der Waals surface area contributed by atoms with Gasteiger partial charge in [-0.2, -0.15) is 0 Å². The first-order chi connectivity index (χ1) is 11.0. The fraction of sp³-hybridized carbons (Fsp3) is 0.368. The van der Waals surface area contributed by atoms with Gasteiger partial charge in [-0.1, -0.05) is 37.0 Å². The second-order valence-electron chi connectivity index (χ2n) is 5.62. The summed E-state index contributed by atoms with van der Waals surface area (Å²) < 4.78 is 0. The molecule has 0 saturated carbocycles. The monoisotopic (exact) mass is 312 g/mol. The number of benzene rings is 1. The van der Waals surface area contributed by atoms with Crippen LogP contribution in [0.15, 0.2) is 35.9 Å². The number of allylic oxidation sites excluding steroid dienone is 1. The van der Waals surface area contributed by atoms with Crippen LogP contribution in [0.2, 0.25) is 0 Å². The molecule has 0 heterocycles. The van der Waals surface area contributed by atoms with Gasteiger partial charge in [0.05, 0.1) is 6.04 Å². The van der Waals surface area contributed by atoms with Crippen LogP contribution in [-0.4, -0.2) is 17.9 Å². The molecule has 1 rings (SSSR count). The molecule has 2 amide bonds. The van der Waals surface area contributed by atoms with Gasteiger partial charge >= 0.3 is 0 Å². The molecule has 0 saturated heterocycles. The number of hydrogen-bond acceptors (Lipinski definition) is 2. The summed E-state index contributed by atoms with van der Waals surface area (Å²) in [5, 5.41) is 5.62. The number of carbonyl (C=O) groups is 2. The van der Waals surface area contributed by atoms with Crippen LogP contribution >= 0.6 is 0 Å².